The molecule has 4 rings (SSSR count). The number of nitrogens with zero attached hydrogens (tertiary/aromatic N) is 2. The van der Waals surface area contributed by atoms with Crippen molar-refractivity contribution in [1.29, 1.82) is 0 Å². The molecular weight excluding hydrogens is 358 g/mol. The first-order valence-electron chi connectivity index (χ1n) is 9.18. The summed E-state index contributed by atoms with van der Waals surface area (Å²) in [6.45, 7) is 3.65. The second-order valence-corrected chi connectivity index (χ2v) is 7.91. The molecule has 0 atom stereocenters. The standard InChI is InChI=1S/C21H21N3O2S/c1-14-5-7-15(8-6-14)19(25)23-21-22-17-10-9-16(13-18(17)27-21)20(26)24-11-3-2-4-12-24/h5-10,13H,2-4,11-12H2,1H3,(H,22,23,25). The Labute approximate surface area is 162 Å². The Balaban J connectivity index is 1.53. The molecule has 1 N–H and O–H groups in total. The van der Waals surface area contributed by atoms with Crippen LogP contribution in [0.4, 0.5) is 5.13 Å². The summed E-state index contributed by atoms with van der Waals surface area (Å²) >= 11 is 1.39. The number of amides is 2. The van der Waals surface area contributed by atoms with Crippen LogP contribution in [0, 0.1) is 6.92 Å². The van der Waals surface area contributed by atoms with Gasteiger partial charge in [0, 0.05) is 24.2 Å². The Kier molecular flexibility index (Phi) is 4.90. The SMILES string of the molecule is Cc1ccc(C(=O)Nc2nc3ccc(C(=O)N4CCCCC4)cc3s2)cc1. The molecule has 0 aliphatic carbocycles. The number of carbonyl (C=O) groups excluding carboxylic acids is 2. The van der Waals surface area contributed by atoms with E-state index in [2.05, 4.69) is 10.3 Å². The van der Waals surface area contributed by atoms with Crippen LogP contribution in [0.1, 0.15) is 45.5 Å². The molecule has 1 saturated heterocycles. The molecule has 1 fully saturated rings. The van der Waals surface area contributed by atoms with Crippen LogP contribution in [0.15, 0.2) is 42.5 Å². The van der Waals surface area contributed by atoms with Crippen LogP contribution in [-0.2, 0) is 0 Å². The van der Waals surface area contributed by atoms with E-state index in [-0.39, 0.29) is 11.8 Å². The van der Waals surface area contributed by atoms with Gasteiger partial charge in [-0.05, 0) is 56.5 Å². The summed E-state index contributed by atoms with van der Waals surface area (Å²) in [7, 11) is 0. The Morgan fingerprint density at radius 1 is 1.00 bits per heavy atom. The quantitative estimate of drug-likeness (QED) is 0.730. The lowest BCUT2D eigenvalue weighted by atomic mass is 10.1. The van der Waals surface area contributed by atoms with Gasteiger partial charge in [-0.25, -0.2) is 4.98 Å². The second-order valence-electron chi connectivity index (χ2n) is 6.87. The first kappa shape index (κ1) is 17.7. The minimum absolute atomic E-state index is 0.0789. The van der Waals surface area contributed by atoms with E-state index in [1.165, 1.54) is 17.8 Å². The normalized spacial score (nSPS) is 14.3. The van der Waals surface area contributed by atoms with Gasteiger partial charge in [-0.15, -0.1) is 0 Å². The van der Waals surface area contributed by atoms with Crippen LogP contribution < -0.4 is 5.32 Å². The third-order valence-electron chi connectivity index (χ3n) is 4.81. The van der Waals surface area contributed by atoms with Gasteiger partial charge in [0.2, 0.25) is 0 Å². The molecule has 27 heavy (non-hydrogen) atoms. The number of likely N-dealkylation sites (tertiary alicyclic amines) is 1. The maximum absolute atomic E-state index is 12.7. The number of hydrogen-bond acceptors (Lipinski definition) is 4. The molecular formula is C21H21N3O2S. The minimum atomic E-state index is -0.182. The van der Waals surface area contributed by atoms with E-state index in [0.29, 0.717) is 16.3 Å². The Hall–Kier alpha value is -2.73. The number of piperidine rings is 1. The summed E-state index contributed by atoms with van der Waals surface area (Å²) in [5, 5.41) is 3.39. The highest BCUT2D eigenvalue weighted by atomic mass is 32.1. The Bertz CT molecular complexity index is 988. The molecule has 6 heteroatoms. The number of hydrogen-bond donors (Lipinski definition) is 1. The minimum Gasteiger partial charge on any atom is -0.339 e. The number of nitrogens with one attached hydrogen (secondary N) is 1. The summed E-state index contributed by atoms with van der Waals surface area (Å²) in [5.41, 5.74) is 3.18. The van der Waals surface area contributed by atoms with Gasteiger partial charge in [0.1, 0.15) is 0 Å². The van der Waals surface area contributed by atoms with Crippen LogP contribution in [0.5, 0.6) is 0 Å². The predicted octanol–water partition coefficient (Wildman–Crippen LogP) is 4.48. The summed E-state index contributed by atoms with van der Waals surface area (Å²) in [6, 6.07) is 13.0. The molecule has 2 heterocycles. The van der Waals surface area contributed by atoms with E-state index < -0.39 is 0 Å². The van der Waals surface area contributed by atoms with Gasteiger partial charge in [-0.1, -0.05) is 29.0 Å². The van der Waals surface area contributed by atoms with Crippen LogP contribution >= 0.6 is 11.3 Å². The molecule has 3 aromatic rings. The number of benzene rings is 2. The molecule has 2 amide bonds. The molecule has 0 saturated carbocycles. The third-order valence-corrected chi connectivity index (χ3v) is 5.75. The zero-order valence-corrected chi connectivity index (χ0v) is 16.0. The van der Waals surface area contributed by atoms with Gasteiger partial charge in [-0.2, -0.15) is 0 Å². The molecule has 1 aliphatic heterocycles. The molecule has 138 valence electrons. The van der Waals surface area contributed by atoms with E-state index in [0.717, 1.165) is 41.7 Å². The molecule has 0 bridgehead atoms. The van der Waals surface area contributed by atoms with E-state index in [1.807, 2.05) is 42.2 Å². The Morgan fingerprint density at radius 3 is 2.44 bits per heavy atom. The van der Waals surface area contributed by atoms with Gasteiger partial charge >= 0.3 is 0 Å². The van der Waals surface area contributed by atoms with Gasteiger partial charge < -0.3 is 4.90 Å². The van der Waals surface area contributed by atoms with Crippen molar-refractivity contribution in [3.8, 4) is 0 Å². The summed E-state index contributed by atoms with van der Waals surface area (Å²) in [4.78, 5) is 31.5. The van der Waals surface area contributed by atoms with Crippen LogP contribution in [-0.4, -0.2) is 34.8 Å². The van der Waals surface area contributed by atoms with Crippen molar-refractivity contribution >= 4 is 38.5 Å². The van der Waals surface area contributed by atoms with Gasteiger partial charge in [-0.3, -0.25) is 14.9 Å². The maximum atomic E-state index is 12.7. The van der Waals surface area contributed by atoms with E-state index in [1.54, 1.807) is 12.1 Å². The van der Waals surface area contributed by atoms with Gasteiger partial charge in [0.05, 0.1) is 10.2 Å². The lowest BCUT2D eigenvalue weighted by Crippen LogP contribution is -2.35. The number of aryl methyl sites for hydroxylation is 1. The smallest absolute Gasteiger partial charge is 0.257 e. The second kappa shape index (κ2) is 7.48. The van der Waals surface area contributed by atoms with Crippen LogP contribution in [0.2, 0.25) is 0 Å². The van der Waals surface area contributed by atoms with E-state index in [4.69, 9.17) is 0 Å². The molecule has 5 nitrogen and oxygen atoms in total. The molecule has 0 radical (unpaired) electrons. The number of fused-ring (bicyclic) bond motifs is 1. The lowest BCUT2D eigenvalue weighted by Gasteiger charge is -2.26. The average molecular weight is 379 g/mol. The van der Waals surface area contributed by atoms with E-state index >= 15 is 0 Å². The van der Waals surface area contributed by atoms with Crippen molar-refractivity contribution in [2.75, 3.05) is 18.4 Å². The van der Waals surface area contributed by atoms with Crippen LogP contribution in [0.3, 0.4) is 0 Å². The zero-order chi connectivity index (χ0) is 18.8. The lowest BCUT2D eigenvalue weighted by molar-refractivity contribution is 0.0724. The molecule has 1 aliphatic rings. The highest BCUT2D eigenvalue weighted by molar-refractivity contribution is 7.22. The van der Waals surface area contributed by atoms with Gasteiger partial charge in [0.25, 0.3) is 11.8 Å². The van der Waals surface area contributed by atoms with Crippen LogP contribution in [0.25, 0.3) is 10.2 Å². The average Bonchev–Trinajstić information content (AvgIpc) is 3.10. The Morgan fingerprint density at radius 2 is 1.70 bits per heavy atom. The number of anilines is 1. The molecule has 0 spiro atoms. The number of aromatic nitrogens is 1. The first-order chi connectivity index (χ1) is 13.1. The number of carbonyl (C=O) groups is 2. The fourth-order valence-electron chi connectivity index (χ4n) is 3.26. The van der Waals surface area contributed by atoms with Crippen molar-refractivity contribution in [1.82, 2.24) is 9.88 Å². The molecule has 1 aromatic heterocycles. The number of thiazole rings is 1. The first-order valence-corrected chi connectivity index (χ1v) is 10.00. The zero-order valence-electron chi connectivity index (χ0n) is 15.2. The highest BCUT2D eigenvalue weighted by Gasteiger charge is 2.19. The van der Waals surface area contributed by atoms with Crippen molar-refractivity contribution in [3.63, 3.8) is 0 Å². The van der Waals surface area contributed by atoms with Crippen molar-refractivity contribution in [2.24, 2.45) is 0 Å². The summed E-state index contributed by atoms with van der Waals surface area (Å²) in [5.74, 6) is -0.103. The highest BCUT2D eigenvalue weighted by Crippen LogP contribution is 2.28. The molecule has 2 aromatic carbocycles. The number of rotatable bonds is 3. The fourth-order valence-corrected chi connectivity index (χ4v) is 4.17. The maximum Gasteiger partial charge on any atom is 0.257 e. The van der Waals surface area contributed by atoms with Crippen molar-refractivity contribution in [3.05, 3.63) is 59.2 Å². The summed E-state index contributed by atoms with van der Waals surface area (Å²) in [6.07, 6.45) is 3.34. The third kappa shape index (κ3) is 3.85. The topological polar surface area (TPSA) is 62.3 Å². The van der Waals surface area contributed by atoms with Crippen molar-refractivity contribution in [2.45, 2.75) is 26.2 Å². The van der Waals surface area contributed by atoms with Crippen molar-refractivity contribution < 1.29 is 9.59 Å². The monoisotopic (exact) mass is 379 g/mol. The molecule has 0 unspecified atom stereocenters. The largest absolute Gasteiger partial charge is 0.339 e. The van der Waals surface area contributed by atoms with E-state index in [9.17, 15) is 9.59 Å². The summed E-state index contributed by atoms with van der Waals surface area (Å²) < 4.78 is 0.900. The predicted molar refractivity (Wildman–Crippen MR) is 109 cm³/mol. The fraction of sp³-hybridized carbons (Fsp3) is 0.286. The van der Waals surface area contributed by atoms with Gasteiger partial charge in [0.15, 0.2) is 5.13 Å².